The molecule has 0 unspecified atom stereocenters. The lowest BCUT2D eigenvalue weighted by Gasteiger charge is -2.32. The Hall–Kier alpha value is -1.67. The summed E-state index contributed by atoms with van der Waals surface area (Å²) in [4.78, 5) is 41.1. The maximum Gasteiger partial charge on any atom is 0.328 e. The molecule has 0 aromatic carbocycles. The molecule has 0 aromatic heterocycles. The maximum absolute atomic E-state index is 12.3. The fourth-order valence-electron chi connectivity index (χ4n) is 3.16. The van der Waals surface area contributed by atoms with Gasteiger partial charge in [-0.15, -0.1) is 0 Å². The van der Waals surface area contributed by atoms with Crippen molar-refractivity contribution in [1.29, 1.82) is 0 Å². The lowest BCUT2D eigenvalue weighted by atomic mass is 10.1. The van der Waals surface area contributed by atoms with E-state index in [-0.39, 0.29) is 12.5 Å². The topological polar surface area (TPSA) is 84.4 Å². The Morgan fingerprint density at radius 2 is 1.83 bits per heavy atom. The summed E-state index contributed by atoms with van der Waals surface area (Å²) in [5.41, 5.74) is -0.970. The van der Waals surface area contributed by atoms with Gasteiger partial charge in [0.2, 0.25) is 5.91 Å². The fourth-order valence-corrected chi connectivity index (χ4v) is 3.16. The monoisotopic (exact) mass is 340 g/mol. The van der Waals surface area contributed by atoms with Crippen molar-refractivity contribution in [3.8, 4) is 0 Å². The van der Waals surface area contributed by atoms with Crippen LogP contribution in [0, 0.1) is 0 Å². The number of nitrogens with zero attached hydrogens (tertiary/aromatic N) is 4. The highest BCUT2D eigenvalue weighted by molar-refractivity contribution is 6.06. The van der Waals surface area contributed by atoms with Crippen LogP contribution in [0.25, 0.3) is 0 Å². The minimum absolute atomic E-state index is 0.0246. The number of rotatable bonds is 5. The minimum atomic E-state index is -0.970. The smallest absolute Gasteiger partial charge is 0.313 e. The molecule has 8 heteroatoms. The molecule has 1 atom stereocenters. The molecule has 0 aromatic rings. The molecule has 2 fully saturated rings. The van der Waals surface area contributed by atoms with Crippen molar-refractivity contribution < 1.29 is 19.6 Å². The van der Waals surface area contributed by atoms with Crippen molar-refractivity contribution in [2.75, 3.05) is 26.8 Å². The highest BCUT2D eigenvalue weighted by Crippen LogP contribution is 2.25. The number of likely N-dealkylation sites (tertiary alicyclic amines) is 1. The molecule has 0 radical (unpaired) electrons. The molecule has 24 heavy (non-hydrogen) atoms. The highest BCUT2D eigenvalue weighted by Gasteiger charge is 2.49. The van der Waals surface area contributed by atoms with Crippen LogP contribution in [-0.2, 0) is 9.59 Å². The summed E-state index contributed by atoms with van der Waals surface area (Å²) >= 11 is 0. The number of piperidine rings is 1. The van der Waals surface area contributed by atoms with E-state index < -0.39 is 30.1 Å². The van der Waals surface area contributed by atoms with E-state index in [1.165, 1.54) is 18.4 Å². The standard InChI is InChI=1S/C16H28N4O4/c1-12(18-8-6-5-7-9-18)10-13(21)20(24)11-19-14(22)16(2,3)17(4)15(19)23/h12,24H,5-11H2,1-4H3/t12-/m1/s1. The summed E-state index contributed by atoms with van der Waals surface area (Å²) in [6, 6.07) is -0.488. The van der Waals surface area contributed by atoms with Gasteiger partial charge in [-0.25, -0.2) is 14.8 Å². The van der Waals surface area contributed by atoms with Gasteiger partial charge >= 0.3 is 6.03 Å². The molecule has 0 bridgehead atoms. The van der Waals surface area contributed by atoms with E-state index in [2.05, 4.69) is 4.90 Å². The molecule has 2 rings (SSSR count). The second-order valence-electron chi connectivity index (χ2n) is 7.22. The molecule has 2 saturated heterocycles. The Kier molecular flexibility index (Phi) is 5.49. The number of carbonyl (C=O) groups is 3. The van der Waals surface area contributed by atoms with Crippen LogP contribution in [0.2, 0.25) is 0 Å². The average molecular weight is 340 g/mol. The highest BCUT2D eigenvalue weighted by atomic mass is 16.5. The van der Waals surface area contributed by atoms with Gasteiger partial charge in [-0.3, -0.25) is 14.8 Å². The van der Waals surface area contributed by atoms with Crippen LogP contribution >= 0.6 is 0 Å². The van der Waals surface area contributed by atoms with Crippen molar-refractivity contribution >= 4 is 17.8 Å². The van der Waals surface area contributed by atoms with E-state index in [0.29, 0.717) is 5.06 Å². The number of likely N-dealkylation sites (N-methyl/N-ethyl adjacent to an activating group) is 1. The molecule has 2 heterocycles. The van der Waals surface area contributed by atoms with Crippen LogP contribution in [0.15, 0.2) is 0 Å². The summed E-state index contributed by atoms with van der Waals surface area (Å²) in [6.07, 6.45) is 3.62. The van der Waals surface area contributed by atoms with Gasteiger partial charge in [0.25, 0.3) is 5.91 Å². The van der Waals surface area contributed by atoms with Gasteiger partial charge < -0.3 is 9.80 Å². The molecule has 136 valence electrons. The summed E-state index contributed by atoms with van der Waals surface area (Å²) in [5.74, 6) is -0.910. The van der Waals surface area contributed by atoms with Crippen LogP contribution in [-0.4, -0.2) is 81.2 Å². The second-order valence-corrected chi connectivity index (χ2v) is 7.22. The third-order valence-corrected chi connectivity index (χ3v) is 5.17. The van der Waals surface area contributed by atoms with Gasteiger partial charge in [0.1, 0.15) is 12.2 Å². The number of imide groups is 1. The Labute approximate surface area is 142 Å². The van der Waals surface area contributed by atoms with E-state index in [1.54, 1.807) is 13.8 Å². The third kappa shape index (κ3) is 3.54. The predicted octanol–water partition coefficient (Wildman–Crippen LogP) is 1.10. The quantitative estimate of drug-likeness (QED) is 0.460. The minimum Gasteiger partial charge on any atom is -0.313 e. The summed E-state index contributed by atoms with van der Waals surface area (Å²) in [5, 5.41) is 10.5. The van der Waals surface area contributed by atoms with E-state index in [1.807, 2.05) is 6.92 Å². The molecule has 0 saturated carbocycles. The Morgan fingerprint density at radius 1 is 1.25 bits per heavy atom. The lowest BCUT2D eigenvalue weighted by molar-refractivity contribution is -0.174. The van der Waals surface area contributed by atoms with Gasteiger partial charge in [0, 0.05) is 19.5 Å². The van der Waals surface area contributed by atoms with Crippen molar-refractivity contribution in [2.24, 2.45) is 0 Å². The zero-order chi connectivity index (χ0) is 18.1. The molecular formula is C16H28N4O4. The van der Waals surface area contributed by atoms with Crippen LogP contribution in [0.4, 0.5) is 4.79 Å². The van der Waals surface area contributed by atoms with Gasteiger partial charge in [-0.2, -0.15) is 0 Å². The van der Waals surface area contributed by atoms with Gasteiger partial charge in [-0.05, 0) is 46.7 Å². The number of hydroxylamine groups is 2. The van der Waals surface area contributed by atoms with Crippen molar-refractivity contribution in [1.82, 2.24) is 19.8 Å². The van der Waals surface area contributed by atoms with Gasteiger partial charge in [0.15, 0.2) is 0 Å². The Bertz CT molecular complexity index is 516. The summed E-state index contributed by atoms with van der Waals surface area (Å²) in [7, 11) is 1.53. The fraction of sp³-hybridized carbons (Fsp3) is 0.812. The normalized spacial score (nSPS) is 22.9. The molecule has 2 aliphatic heterocycles. The first-order chi connectivity index (χ1) is 11.2. The molecule has 0 spiro atoms. The average Bonchev–Trinajstić information content (AvgIpc) is 2.70. The molecule has 0 aliphatic carbocycles. The van der Waals surface area contributed by atoms with Crippen molar-refractivity contribution in [2.45, 2.75) is 58.0 Å². The first-order valence-corrected chi connectivity index (χ1v) is 8.49. The molecule has 8 nitrogen and oxygen atoms in total. The Balaban J connectivity index is 1.92. The third-order valence-electron chi connectivity index (χ3n) is 5.17. The SMILES string of the molecule is C[C@H](CC(=O)N(O)CN1C(=O)N(C)C(C)(C)C1=O)N1CCCCC1. The van der Waals surface area contributed by atoms with E-state index in [9.17, 15) is 19.6 Å². The van der Waals surface area contributed by atoms with Gasteiger partial charge in [-0.1, -0.05) is 6.42 Å². The van der Waals surface area contributed by atoms with Crippen LogP contribution in [0.1, 0.15) is 46.5 Å². The van der Waals surface area contributed by atoms with Crippen molar-refractivity contribution in [3.63, 3.8) is 0 Å². The number of carbonyl (C=O) groups excluding carboxylic acids is 3. The van der Waals surface area contributed by atoms with E-state index >= 15 is 0 Å². The van der Waals surface area contributed by atoms with Gasteiger partial charge in [0.05, 0.1) is 0 Å². The number of amides is 4. The summed E-state index contributed by atoms with van der Waals surface area (Å²) < 4.78 is 0. The Morgan fingerprint density at radius 3 is 2.33 bits per heavy atom. The summed E-state index contributed by atoms with van der Waals surface area (Å²) in [6.45, 7) is 6.71. The largest absolute Gasteiger partial charge is 0.328 e. The molecular weight excluding hydrogens is 312 g/mol. The zero-order valence-corrected chi connectivity index (χ0v) is 15.0. The molecule has 2 aliphatic rings. The molecule has 4 amide bonds. The van der Waals surface area contributed by atoms with E-state index in [0.717, 1.165) is 30.8 Å². The first-order valence-electron chi connectivity index (χ1n) is 8.49. The van der Waals surface area contributed by atoms with Crippen LogP contribution in [0.3, 0.4) is 0 Å². The molecule has 1 N–H and O–H groups in total. The predicted molar refractivity (Wildman–Crippen MR) is 87.1 cm³/mol. The number of hydrogen-bond acceptors (Lipinski definition) is 5. The lowest BCUT2D eigenvalue weighted by Crippen LogP contribution is -2.46. The second kappa shape index (κ2) is 7.06. The first kappa shape index (κ1) is 18.7. The zero-order valence-electron chi connectivity index (χ0n) is 15.0. The number of hydrogen-bond donors (Lipinski definition) is 1. The van der Waals surface area contributed by atoms with E-state index in [4.69, 9.17) is 0 Å². The van der Waals surface area contributed by atoms with Crippen molar-refractivity contribution in [3.05, 3.63) is 0 Å². The van der Waals surface area contributed by atoms with Crippen LogP contribution < -0.4 is 0 Å². The van der Waals surface area contributed by atoms with Crippen LogP contribution in [0.5, 0.6) is 0 Å². The number of urea groups is 1. The maximum atomic E-state index is 12.3.